The molecule has 12 nitrogen and oxygen atoms in total. The summed E-state index contributed by atoms with van der Waals surface area (Å²) in [4.78, 5) is 23.8. The standard InChI is InChI=1S/C19H22F7NO11S3/c1-4-16(2,3)15(29)37-10-9-36-14(28)12-5-7-13(8-6-12)38-41(34,35)19(25,26)17(21,22)18(23,24)40(32,33)27-39(30,31)11-20/h5-8,27H,4,9-11H2,1-3H3. The van der Waals surface area contributed by atoms with Crippen LogP contribution in [0.1, 0.15) is 37.6 Å². The molecule has 0 unspecified atom stereocenters. The topological polar surface area (TPSA) is 176 Å². The molecule has 0 aliphatic carbocycles. The maximum Gasteiger partial charge on any atom is 0.450 e. The van der Waals surface area contributed by atoms with Crippen LogP contribution in [0.15, 0.2) is 24.3 Å². The highest BCUT2D eigenvalue weighted by molar-refractivity contribution is 8.05. The largest absolute Gasteiger partial charge is 0.462 e. The summed E-state index contributed by atoms with van der Waals surface area (Å²) in [5.41, 5.74) is -1.21. The summed E-state index contributed by atoms with van der Waals surface area (Å²) < 4.78 is 178. The van der Waals surface area contributed by atoms with E-state index >= 15 is 0 Å². The van der Waals surface area contributed by atoms with Crippen molar-refractivity contribution in [1.29, 1.82) is 0 Å². The average Bonchev–Trinajstić information content (AvgIpc) is 2.85. The van der Waals surface area contributed by atoms with Gasteiger partial charge in [-0.05, 0) is 44.5 Å². The average molecular weight is 670 g/mol. The van der Waals surface area contributed by atoms with Gasteiger partial charge in [0.25, 0.3) is 20.0 Å². The van der Waals surface area contributed by atoms with Gasteiger partial charge in [0.2, 0.25) is 6.01 Å². The van der Waals surface area contributed by atoms with Crippen LogP contribution < -0.4 is 8.31 Å². The van der Waals surface area contributed by atoms with Crippen LogP contribution in [0, 0.1) is 5.41 Å². The van der Waals surface area contributed by atoms with Gasteiger partial charge >= 0.3 is 38.5 Å². The van der Waals surface area contributed by atoms with Crippen LogP contribution in [0.4, 0.5) is 30.7 Å². The molecule has 0 aliphatic heterocycles. The number of sulfonamides is 2. The van der Waals surface area contributed by atoms with E-state index in [4.69, 9.17) is 9.47 Å². The first kappa shape index (κ1) is 36.3. The Morgan fingerprint density at radius 3 is 1.78 bits per heavy atom. The van der Waals surface area contributed by atoms with Crippen molar-refractivity contribution in [3.63, 3.8) is 0 Å². The monoisotopic (exact) mass is 669 g/mol. The van der Waals surface area contributed by atoms with Gasteiger partial charge in [-0.25, -0.2) is 26.0 Å². The summed E-state index contributed by atoms with van der Waals surface area (Å²) in [7, 11) is -20.4. The Balaban J connectivity index is 3.05. The summed E-state index contributed by atoms with van der Waals surface area (Å²) >= 11 is 0. The lowest BCUT2D eigenvalue weighted by atomic mass is 9.91. The summed E-state index contributed by atoms with van der Waals surface area (Å²) in [5.74, 6) is -10.4. The van der Waals surface area contributed by atoms with Gasteiger partial charge in [-0.2, -0.15) is 34.8 Å². The fraction of sp³-hybridized carbons (Fsp3) is 0.579. The Morgan fingerprint density at radius 2 is 1.32 bits per heavy atom. The second kappa shape index (κ2) is 12.3. The lowest BCUT2D eigenvalue weighted by Gasteiger charge is -2.30. The van der Waals surface area contributed by atoms with E-state index in [0.29, 0.717) is 30.7 Å². The van der Waals surface area contributed by atoms with Gasteiger partial charge in [0.1, 0.15) is 19.0 Å². The number of halogens is 7. The maximum absolute atomic E-state index is 14.2. The van der Waals surface area contributed by atoms with Crippen LogP contribution in [-0.4, -0.2) is 72.8 Å². The molecule has 0 atom stereocenters. The molecule has 0 aliphatic rings. The zero-order chi connectivity index (χ0) is 32.3. The van der Waals surface area contributed by atoms with E-state index in [1.165, 1.54) is 0 Å². The molecule has 0 amide bonds. The molecule has 1 aromatic rings. The first-order chi connectivity index (χ1) is 18.3. The number of carbonyl (C=O) groups is 2. The van der Waals surface area contributed by atoms with Gasteiger partial charge in [0.15, 0.2) is 0 Å². The molecule has 1 aromatic carbocycles. The highest BCUT2D eigenvalue weighted by Gasteiger charge is 2.83. The molecule has 0 bridgehead atoms. The van der Waals surface area contributed by atoms with Gasteiger partial charge in [-0.15, -0.1) is 4.13 Å². The molecule has 0 fully saturated rings. The van der Waals surface area contributed by atoms with Gasteiger partial charge in [0.05, 0.1) is 11.0 Å². The van der Waals surface area contributed by atoms with E-state index in [1.807, 2.05) is 0 Å². The van der Waals surface area contributed by atoms with Crippen molar-refractivity contribution in [2.75, 3.05) is 19.2 Å². The van der Waals surface area contributed by atoms with Crippen LogP contribution in [-0.2, 0) is 44.4 Å². The minimum Gasteiger partial charge on any atom is -0.462 e. The van der Waals surface area contributed by atoms with Crippen LogP contribution in [0.25, 0.3) is 0 Å². The van der Waals surface area contributed by atoms with E-state index in [1.54, 1.807) is 20.8 Å². The normalized spacial score (nSPS) is 13.9. The van der Waals surface area contributed by atoms with Crippen molar-refractivity contribution in [1.82, 2.24) is 4.13 Å². The smallest absolute Gasteiger partial charge is 0.450 e. The highest BCUT2D eigenvalue weighted by atomic mass is 32.3. The molecule has 0 spiro atoms. The van der Waals surface area contributed by atoms with Gasteiger partial charge in [-0.1, -0.05) is 6.92 Å². The molecule has 0 saturated carbocycles. The van der Waals surface area contributed by atoms with E-state index in [-0.39, 0.29) is 10.7 Å². The molecule has 0 radical (unpaired) electrons. The third-order valence-corrected chi connectivity index (χ3v) is 9.45. The summed E-state index contributed by atoms with van der Waals surface area (Å²) in [5, 5.41) is -14.2. The molecule has 41 heavy (non-hydrogen) atoms. The van der Waals surface area contributed by atoms with Crippen LogP contribution in [0.2, 0.25) is 0 Å². The molecular weight excluding hydrogens is 647 g/mol. The van der Waals surface area contributed by atoms with Crippen molar-refractivity contribution in [2.45, 2.75) is 43.6 Å². The van der Waals surface area contributed by atoms with E-state index in [9.17, 15) is 65.6 Å². The number of benzene rings is 1. The zero-order valence-corrected chi connectivity index (χ0v) is 23.4. The predicted molar refractivity (Wildman–Crippen MR) is 123 cm³/mol. The number of nitrogens with one attached hydrogen (secondary N) is 1. The molecule has 236 valence electrons. The molecule has 0 aromatic heterocycles. The van der Waals surface area contributed by atoms with E-state index < -0.39 is 87.9 Å². The third-order valence-electron chi connectivity index (χ3n) is 5.04. The van der Waals surface area contributed by atoms with Crippen molar-refractivity contribution >= 4 is 42.1 Å². The van der Waals surface area contributed by atoms with Crippen LogP contribution in [0.5, 0.6) is 5.75 Å². The number of hydrogen-bond acceptors (Lipinski definition) is 11. The number of hydrogen-bond donors (Lipinski definition) is 1. The third kappa shape index (κ3) is 7.77. The minimum absolute atomic E-state index is 0.246. The Bertz CT molecular complexity index is 1450. The van der Waals surface area contributed by atoms with Crippen LogP contribution in [0.3, 0.4) is 0 Å². The Morgan fingerprint density at radius 1 is 0.829 bits per heavy atom. The molecule has 22 heteroatoms. The van der Waals surface area contributed by atoms with Crippen molar-refractivity contribution in [3.05, 3.63) is 29.8 Å². The number of ether oxygens (including phenoxy) is 2. The lowest BCUT2D eigenvalue weighted by Crippen LogP contribution is -2.63. The molecule has 0 saturated heterocycles. The Labute approximate surface area is 229 Å². The fourth-order valence-corrected chi connectivity index (χ4v) is 5.63. The first-order valence-corrected chi connectivity index (χ1v) is 15.2. The SMILES string of the molecule is CCC(C)(C)C(=O)OCCOC(=O)c1ccc(OS(=O)(=O)C(F)(F)C(F)(F)C(F)(F)S(=O)(=O)NS(=O)(=O)CF)cc1. The molecule has 1 N–H and O–H groups in total. The lowest BCUT2D eigenvalue weighted by molar-refractivity contribution is -0.245. The highest BCUT2D eigenvalue weighted by Crippen LogP contribution is 2.51. The van der Waals surface area contributed by atoms with Crippen molar-refractivity contribution in [3.8, 4) is 5.75 Å². The Kier molecular flexibility index (Phi) is 10.9. The predicted octanol–water partition coefficient (Wildman–Crippen LogP) is 2.53. The number of esters is 2. The number of rotatable bonds is 15. The van der Waals surface area contributed by atoms with Crippen molar-refractivity contribution < 1.29 is 79.2 Å². The van der Waals surface area contributed by atoms with E-state index in [0.717, 1.165) is 0 Å². The van der Waals surface area contributed by atoms with Crippen LogP contribution >= 0.6 is 0 Å². The minimum atomic E-state index is -7.39. The van der Waals surface area contributed by atoms with Gasteiger partial charge in [0, 0.05) is 0 Å². The molecular formula is C19H22F7NO11S3. The molecule has 0 heterocycles. The zero-order valence-electron chi connectivity index (χ0n) is 21.0. The van der Waals surface area contributed by atoms with Gasteiger partial charge in [-0.3, -0.25) is 4.79 Å². The molecule has 1 rings (SSSR count). The second-order valence-electron chi connectivity index (χ2n) is 8.49. The number of alkyl halides is 7. The summed E-state index contributed by atoms with van der Waals surface area (Å²) in [6, 6.07) is -0.562. The quantitative estimate of drug-likeness (QED) is 0.126. The fourth-order valence-electron chi connectivity index (χ4n) is 2.25. The number of carbonyl (C=O) groups excluding carboxylic acids is 2. The van der Waals surface area contributed by atoms with E-state index in [2.05, 4.69) is 4.18 Å². The second-order valence-corrected chi connectivity index (χ2v) is 13.7. The van der Waals surface area contributed by atoms with Crippen molar-refractivity contribution in [2.24, 2.45) is 5.41 Å². The first-order valence-electron chi connectivity index (χ1n) is 10.7. The van der Waals surface area contributed by atoms with Gasteiger partial charge < -0.3 is 13.7 Å². The summed E-state index contributed by atoms with van der Waals surface area (Å²) in [6.45, 7) is 4.14. The summed E-state index contributed by atoms with van der Waals surface area (Å²) in [6.07, 6.45) is 0.447. The Hall–Kier alpha value is -2.72. The maximum atomic E-state index is 14.2.